The lowest BCUT2D eigenvalue weighted by atomic mass is 10.4. The number of halogens is 1. The summed E-state index contributed by atoms with van der Waals surface area (Å²) in [7, 11) is -3.61. The minimum Gasteiger partial charge on any atom is -0.356 e. The van der Waals surface area contributed by atoms with E-state index in [1.54, 1.807) is 0 Å². The molecular weight excluding hydrogens is 298 g/mol. The summed E-state index contributed by atoms with van der Waals surface area (Å²) in [5, 5.41) is 2.66. The molecule has 0 saturated carbocycles. The van der Waals surface area contributed by atoms with Crippen LogP contribution in [0.3, 0.4) is 0 Å². The number of nitrogens with one attached hydrogen (secondary N) is 2. The van der Waals surface area contributed by atoms with Gasteiger partial charge in [-0.1, -0.05) is 29.9 Å². The molecule has 0 radical (unpaired) electrons. The summed E-state index contributed by atoms with van der Waals surface area (Å²) in [5.74, 6) is -0.179. The van der Waals surface area contributed by atoms with Crippen LogP contribution in [0, 0.1) is 0 Å². The first-order valence-corrected chi connectivity index (χ1v) is 8.01. The molecule has 1 aromatic rings. The number of sulfonamides is 1. The molecule has 1 aromatic heterocycles. The van der Waals surface area contributed by atoms with Gasteiger partial charge in [-0.05, 0) is 6.42 Å². The number of rotatable bonds is 7. The van der Waals surface area contributed by atoms with Crippen molar-refractivity contribution >= 4 is 38.9 Å². The van der Waals surface area contributed by atoms with Crippen molar-refractivity contribution in [2.24, 2.45) is 0 Å². The standard InChI is InChI=1S/C9H14ClN3O3S2/c1-2-4-11-7(14)3-5-13-18(15,16)8-6-12-9(10)17-8/h6,13H,2-5H2,1H3,(H,11,14). The Morgan fingerprint density at radius 1 is 1.50 bits per heavy atom. The van der Waals surface area contributed by atoms with Gasteiger partial charge in [-0.3, -0.25) is 4.79 Å². The summed E-state index contributed by atoms with van der Waals surface area (Å²) in [6.45, 7) is 2.58. The van der Waals surface area contributed by atoms with Crippen molar-refractivity contribution in [2.45, 2.75) is 24.0 Å². The van der Waals surface area contributed by atoms with Gasteiger partial charge in [-0.2, -0.15) is 0 Å². The molecule has 0 aliphatic heterocycles. The fourth-order valence-corrected chi connectivity index (χ4v) is 3.46. The number of nitrogens with zero attached hydrogens (tertiary/aromatic N) is 1. The summed E-state index contributed by atoms with van der Waals surface area (Å²) < 4.78 is 25.9. The molecule has 1 amide bonds. The number of carbonyl (C=O) groups excluding carboxylic acids is 1. The Morgan fingerprint density at radius 3 is 2.78 bits per heavy atom. The number of amides is 1. The van der Waals surface area contributed by atoms with Crippen LogP contribution in [-0.2, 0) is 14.8 Å². The Hall–Kier alpha value is -0.700. The van der Waals surface area contributed by atoms with Crippen LogP contribution in [0.25, 0.3) is 0 Å². The van der Waals surface area contributed by atoms with Crippen LogP contribution in [-0.4, -0.2) is 32.4 Å². The van der Waals surface area contributed by atoms with Gasteiger partial charge in [-0.25, -0.2) is 18.1 Å². The number of hydrogen-bond donors (Lipinski definition) is 2. The summed E-state index contributed by atoms with van der Waals surface area (Å²) in [6, 6.07) is 0. The molecule has 0 unspecified atom stereocenters. The van der Waals surface area contributed by atoms with Gasteiger partial charge < -0.3 is 5.32 Å². The second-order valence-corrected chi connectivity index (χ2v) is 7.04. The molecule has 1 heterocycles. The molecule has 6 nitrogen and oxygen atoms in total. The van der Waals surface area contributed by atoms with Gasteiger partial charge in [-0.15, -0.1) is 0 Å². The Labute approximate surface area is 115 Å². The third kappa shape index (κ3) is 4.89. The van der Waals surface area contributed by atoms with Gasteiger partial charge in [0.2, 0.25) is 5.91 Å². The van der Waals surface area contributed by atoms with Crippen molar-refractivity contribution in [2.75, 3.05) is 13.1 Å². The summed E-state index contributed by atoms with van der Waals surface area (Å²) in [4.78, 5) is 14.9. The highest BCUT2D eigenvalue weighted by atomic mass is 35.5. The van der Waals surface area contributed by atoms with E-state index >= 15 is 0 Å². The van der Waals surface area contributed by atoms with E-state index in [4.69, 9.17) is 11.6 Å². The second kappa shape index (κ2) is 7.03. The largest absolute Gasteiger partial charge is 0.356 e. The molecule has 0 aromatic carbocycles. The van der Waals surface area contributed by atoms with E-state index in [0.29, 0.717) is 6.54 Å². The molecule has 9 heteroatoms. The van der Waals surface area contributed by atoms with Crippen molar-refractivity contribution in [1.29, 1.82) is 0 Å². The highest BCUT2D eigenvalue weighted by Gasteiger charge is 2.17. The smallest absolute Gasteiger partial charge is 0.251 e. The number of hydrogen-bond acceptors (Lipinski definition) is 5. The molecule has 0 spiro atoms. The van der Waals surface area contributed by atoms with Crippen LogP contribution in [0.15, 0.2) is 10.4 Å². The molecule has 0 aliphatic carbocycles. The van der Waals surface area contributed by atoms with E-state index in [1.807, 2.05) is 6.92 Å². The van der Waals surface area contributed by atoms with E-state index in [0.717, 1.165) is 17.8 Å². The molecule has 0 saturated heterocycles. The molecule has 0 atom stereocenters. The fourth-order valence-electron chi connectivity index (χ4n) is 1.09. The average Bonchev–Trinajstić information content (AvgIpc) is 2.73. The maximum absolute atomic E-state index is 11.7. The minimum absolute atomic E-state index is 0.0430. The van der Waals surface area contributed by atoms with E-state index < -0.39 is 10.0 Å². The zero-order valence-corrected chi connectivity index (χ0v) is 12.2. The first-order valence-electron chi connectivity index (χ1n) is 5.33. The van der Waals surface area contributed by atoms with Crippen LogP contribution in [0.5, 0.6) is 0 Å². The highest BCUT2D eigenvalue weighted by Crippen LogP contribution is 2.21. The minimum atomic E-state index is -3.61. The first-order chi connectivity index (χ1) is 8.45. The molecule has 1 rings (SSSR count). The van der Waals surface area contributed by atoms with Crippen LogP contribution >= 0.6 is 22.9 Å². The van der Waals surface area contributed by atoms with E-state index in [-0.39, 0.29) is 27.5 Å². The second-order valence-electron chi connectivity index (χ2n) is 3.43. The third-order valence-electron chi connectivity index (χ3n) is 1.94. The van der Waals surface area contributed by atoms with E-state index in [2.05, 4.69) is 15.0 Å². The molecule has 102 valence electrons. The molecule has 0 fully saturated rings. The van der Waals surface area contributed by atoms with Gasteiger partial charge in [0.05, 0.1) is 6.20 Å². The van der Waals surface area contributed by atoms with Crippen molar-refractivity contribution in [3.05, 3.63) is 10.7 Å². The monoisotopic (exact) mass is 311 g/mol. The molecule has 2 N–H and O–H groups in total. The lowest BCUT2D eigenvalue weighted by molar-refractivity contribution is -0.120. The number of aromatic nitrogens is 1. The summed E-state index contributed by atoms with van der Waals surface area (Å²) in [5.41, 5.74) is 0. The summed E-state index contributed by atoms with van der Waals surface area (Å²) >= 11 is 6.43. The van der Waals surface area contributed by atoms with Crippen LogP contribution < -0.4 is 10.0 Å². The van der Waals surface area contributed by atoms with Crippen LogP contribution in [0.4, 0.5) is 0 Å². The number of carbonyl (C=O) groups is 1. The van der Waals surface area contributed by atoms with Crippen molar-refractivity contribution < 1.29 is 13.2 Å². The molecule has 0 bridgehead atoms. The maximum atomic E-state index is 11.7. The van der Waals surface area contributed by atoms with Gasteiger partial charge in [0, 0.05) is 19.5 Å². The zero-order valence-electron chi connectivity index (χ0n) is 9.77. The number of thiazole rings is 1. The SMILES string of the molecule is CCCNC(=O)CCNS(=O)(=O)c1cnc(Cl)s1. The van der Waals surface area contributed by atoms with Gasteiger partial charge >= 0.3 is 0 Å². The Kier molecular flexibility index (Phi) is 6.00. The predicted octanol–water partition coefficient (Wildman–Crippen LogP) is 0.991. The van der Waals surface area contributed by atoms with Gasteiger partial charge in [0.15, 0.2) is 8.68 Å². The Bertz CT molecular complexity index is 501. The van der Waals surface area contributed by atoms with Crippen molar-refractivity contribution in [3.63, 3.8) is 0 Å². The Morgan fingerprint density at radius 2 is 2.22 bits per heavy atom. The summed E-state index contributed by atoms with van der Waals surface area (Å²) in [6.07, 6.45) is 2.13. The average molecular weight is 312 g/mol. The van der Waals surface area contributed by atoms with Crippen molar-refractivity contribution in [3.8, 4) is 0 Å². The molecule has 18 heavy (non-hydrogen) atoms. The quantitative estimate of drug-likeness (QED) is 0.786. The van der Waals surface area contributed by atoms with Gasteiger partial charge in [0.1, 0.15) is 0 Å². The lowest BCUT2D eigenvalue weighted by Gasteiger charge is -2.05. The van der Waals surface area contributed by atoms with Crippen LogP contribution in [0.2, 0.25) is 4.47 Å². The predicted molar refractivity (Wildman–Crippen MR) is 70.2 cm³/mol. The lowest BCUT2D eigenvalue weighted by Crippen LogP contribution is -2.30. The Balaban J connectivity index is 2.41. The normalized spacial score (nSPS) is 11.4. The zero-order chi connectivity index (χ0) is 13.6. The van der Waals surface area contributed by atoms with Crippen molar-refractivity contribution in [1.82, 2.24) is 15.0 Å². The van der Waals surface area contributed by atoms with E-state index in [1.165, 1.54) is 6.20 Å². The molecular formula is C9H14ClN3O3S2. The topological polar surface area (TPSA) is 88.2 Å². The third-order valence-corrected chi connectivity index (χ3v) is 4.97. The maximum Gasteiger partial charge on any atom is 0.251 e. The van der Waals surface area contributed by atoms with E-state index in [9.17, 15) is 13.2 Å². The fraction of sp³-hybridized carbons (Fsp3) is 0.556. The highest BCUT2D eigenvalue weighted by molar-refractivity contribution is 7.91. The van der Waals surface area contributed by atoms with Gasteiger partial charge in [0.25, 0.3) is 10.0 Å². The van der Waals surface area contributed by atoms with Crippen LogP contribution in [0.1, 0.15) is 19.8 Å². The molecule has 0 aliphatic rings. The first kappa shape index (κ1) is 15.4.